The Morgan fingerprint density at radius 2 is 2.31 bits per heavy atom. The fourth-order valence-corrected chi connectivity index (χ4v) is 3.20. The minimum Gasteiger partial charge on any atom is -0.299 e. The Bertz CT molecular complexity index is 264. The van der Waals surface area contributed by atoms with Crippen molar-refractivity contribution in [1.29, 1.82) is 0 Å². The Morgan fingerprint density at radius 3 is 2.85 bits per heavy atom. The first kappa shape index (κ1) is 8.98. The lowest BCUT2D eigenvalue weighted by Crippen LogP contribution is -2.39. The Balaban J connectivity index is 2.36. The van der Waals surface area contributed by atoms with Gasteiger partial charge in [-0.15, -0.1) is 0 Å². The summed E-state index contributed by atoms with van der Waals surface area (Å²) < 4.78 is 0. The highest BCUT2D eigenvalue weighted by Gasteiger charge is 2.47. The molecule has 1 spiro atoms. The second kappa shape index (κ2) is 2.97. The van der Waals surface area contributed by atoms with Gasteiger partial charge < -0.3 is 0 Å². The molecule has 72 valence electrons. The summed E-state index contributed by atoms with van der Waals surface area (Å²) in [5.41, 5.74) is 1.32. The van der Waals surface area contributed by atoms with E-state index < -0.39 is 0 Å². The SMILES string of the molecule is CC1=CCC[C@@]12C(=O)CCC[C@H]2C. The number of rotatable bonds is 0. The van der Waals surface area contributed by atoms with E-state index in [9.17, 15) is 4.79 Å². The zero-order chi connectivity index (χ0) is 9.47. The summed E-state index contributed by atoms with van der Waals surface area (Å²) in [6, 6.07) is 0. The molecule has 1 saturated carbocycles. The highest BCUT2D eigenvalue weighted by molar-refractivity contribution is 5.89. The molecule has 2 atom stereocenters. The van der Waals surface area contributed by atoms with Gasteiger partial charge in [0.25, 0.3) is 0 Å². The van der Waals surface area contributed by atoms with E-state index in [4.69, 9.17) is 0 Å². The summed E-state index contributed by atoms with van der Waals surface area (Å²) in [5, 5.41) is 0. The molecule has 0 aromatic rings. The molecule has 2 rings (SSSR count). The maximum absolute atomic E-state index is 12.0. The van der Waals surface area contributed by atoms with Gasteiger partial charge in [0.1, 0.15) is 5.78 Å². The van der Waals surface area contributed by atoms with E-state index in [0.717, 1.165) is 25.7 Å². The van der Waals surface area contributed by atoms with Gasteiger partial charge in [-0.05, 0) is 38.5 Å². The number of ketones is 1. The maximum atomic E-state index is 12.0. The van der Waals surface area contributed by atoms with Crippen molar-refractivity contribution in [1.82, 2.24) is 0 Å². The summed E-state index contributed by atoms with van der Waals surface area (Å²) in [4.78, 5) is 12.0. The summed E-state index contributed by atoms with van der Waals surface area (Å²) in [6.45, 7) is 4.40. The smallest absolute Gasteiger partial charge is 0.143 e. The van der Waals surface area contributed by atoms with Crippen molar-refractivity contribution in [3.8, 4) is 0 Å². The molecule has 0 heterocycles. The highest BCUT2D eigenvalue weighted by Crippen LogP contribution is 2.50. The molecular weight excluding hydrogens is 160 g/mol. The van der Waals surface area contributed by atoms with Gasteiger partial charge in [0.05, 0.1) is 5.41 Å². The minimum absolute atomic E-state index is 0.0295. The second-order valence-corrected chi connectivity index (χ2v) is 4.61. The van der Waals surface area contributed by atoms with Crippen LogP contribution < -0.4 is 0 Å². The zero-order valence-electron chi connectivity index (χ0n) is 8.60. The monoisotopic (exact) mass is 178 g/mol. The summed E-state index contributed by atoms with van der Waals surface area (Å²) >= 11 is 0. The van der Waals surface area contributed by atoms with E-state index in [2.05, 4.69) is 19.9 Å². The normalized spacial score (nSPS) is 39.7. The second-order valence-electron chi connectivity index (χ2n) is 4.61. The number of hydrogen-bond donors (Lipinski definition) is 0. The minimum atomic E-state index is -0.0295. The third-order valence-corrected chi connectivity index (χ3v) is 4.07. The third kappa shape index (κ3) is 1.09. The van der Waals surface area contributed by atoms with Crippen molar-refractivity contribution in [3.63, 3.8) is 0 Å². The first-order chi connectivity index (χ1) is 6.18. The quantitative estimate of drug-likeness (QED) is 0.521. The van der Waals surface area contributed by atoms with Crippen molar-refractivity contribution in [3.05, 3.63) is 11.6 Å². The Hall–Kier alpha value is -0.590. The molecule has 0 amide bonds. The number of allylic oxidation sites excluding steroid dienone is 2. The molecule has 0 radical (unpaired) electrons. The van der Waals surface area contributed by atoms with Gasteiger partial charge in [-0.3, -0.25) is 4.79 Å². The molecule has 1 nitrogen and oxygen atoms in total. The summed E-state index contributed by atoms with van der Waals surface area (Å²) in [6.07, 6.45) is 7.61. The topological polar surface area (TPSA) is 17.1 Å². The Labute approximate surface area is 80.2 Å². The van der Waals surface area contributed by atoms with Crippen LogP contribution in [0.5, 0.6) is 0 Å². The van der Waals surface area contributed by atoms with Gasteiger partial charge in [0.15, 0.2) is 0 Å². The van der Waals surface area contributed by atoms with Crippen LogP contribution >= 0.6 is 0 Å². The molecule has 1 fully saturated rings. The van der Waals surface area contributed by atoms with Crippen molar-refractivity contribution < 1.29 is 4.79 Å². The van der Waals surface area contributed by atoms with Gasteiger partial charge in [-0.25, -0.2) is 0 Å². The molecule has 0 unspecified atom stereocenters. The number of Topliss-reactive ketones (excluding diaryl/α,β-unsaturated/α-hetero) is 1. The van der Waals surface area contributed by atoms with Crippen LogP contribution in [-0.4, -0.2) is 5.78 Å². The van der Waals surface area contributed by atoms with E-state index in [1.807, 2.05) is 0 Å². The Morgan fingerprint density at radius 1 is 1.54 bits per heavy atom. The molecule has 0 saturated heterocycles. The van der Waals surface area contributed by atoms with E-state index in [-0.39, 0.29) is 5.41 Å². The van der Waals surface area contributed by atoms with Crippen molar-refractivity contribution >= 4 is 5.78 Å². The van der Waals surface area contributed by atoms with Crippen LogP contribution in [0.3, 0.4) is 0 Å². The molecule has 0 aromatic carbocycles. The van der Waals surface area contributed by atoms with Crippen molar-refractivity contribution in [2.45, 2.75) is 46.0 Å². The van der Waals surface area contributed by atoms with Crippen LogP contribution in [0.1, 0.15) is 46.0 Å². The standard InChI is InChI=1S/C12H18O/c1-9-5-3-7-11(13)12(9)8-4-6-10(12)2/h6,9H,3-5,7-8H2,1-2H3/t9-,12+/m1/s1. The number of carbonyl (C=O) groups excluding carboxylic acids is 1. The average molecular weight is 178 g/mol. The van der Waals surface area contributed by atoms with Gasteiger partial charge >= 0.3 is 0 Å². The van der Waals surface area contributed by atoms with Crippen molar-refractivity contribution in [2.75, 3.05) is 0 Å². The highest BCUT2D eigenvalue weighted by atomic mass is 16.1. The van der Waals surface area contributed by atoms with Crippen LogP contribution in [0, 0.1) is 11.3 Å². The third-order valence-electron chi connectivity index (χ3n) is 4.07. The average Bonchev–Trinajstić information content (AvgIpc) is 2.45. The van der Waals surface area contributed by atoms with Gasteiger partial charge in [-0.2, -0.15) is 0 Å². The number of carbonyl (C=O) groups is 1. The molecule has 2 aliphatic rings. The van der Waals surface area contributed by atoms with Gasteiger partial charge in [0, 0.05) is 6.42 Å². The first-order valence-corrected chi connectivity index (χ1v) is 5.38. The first-order valence-electron chi connectivity index (χ1n) is 5.38. The van der Waals surface area contributed by atoms with Crippen LogP contribution in [0.4, 0.5) is 0 Å². The lowest BCUT2D eigenvalue weighted by molar-refractivity contribution is -0.131. The fourth-order valence-electron chi connectivity index (χ4n) is 3.20. The lowest BCUT2D eigenvalue weighted by Gasteiger charge is -2.39. The summed E-state index contributed by atoms with van der Waals surface area (Å²) in [5.74, 6) is 1.09. The molecular formula is C12H18O. The molecule has 2 aliphatic carbocycles. The van der Waals surface area contributed by atoms with Gasteiger partial charge in [0.2, 0.25) is 0 Å². The maximum Gasteiger partial charge on any atom is 0.143 e. The van der Waals surface area contributed by atoms with E-state index in [1.165, 1.54) is 12.0 Å². The molecule has 0 N–H and O–H groups in total. The summed E-state index contributed by atoms with van der Waals surface area (Å²) in [7, 11) is 0. The predicted molar refractivity (Wildman–Crippen MR) is 53.4 cm³/mol. The van der Waals surface area contributed by atoms with Crippen LogP contribution in [0.15, 0.2) is 11.6 Å². The molecule has 1 heteroatoms. The van der Waals surface area contributed by atoms with E-state index >= 15 is 0 Å². The fraction of sp³-hybridized carbons (Fsp3) is 0.750. The lowest BCUT2D eigenvalue weighted by atomic mass is 9.63. The molecule has 0 bridgehead atoms. The van der Waals surface area contributed by atoms with Crippen LogP contribution in [-0.2, 0) is 4.79 Å². The Kier molecular flexibility index (Phi) is 2.05. The predicted octanol–water partition coefficient (Wildman–Crippen LogP) is 3.10. The van der Waals surface area contributed by atoms with E-state index in [0.29, 0.717) is 11.7 Å². The number of hydrogen-bond acceptors (Lipinski definition) is 1. The van der Waals surface area contributed by atoms with Crippen molar-refractivity contribution in [2.24, 2.45) is 11.3 Å². The molecule has 13 heavy (non-hydrogen) atoms. The molecule has 0 aromatic heterocycles. The van der Waals surface area contributed by atoms with Gasteiger partial charge in [-0.1, -0.05) is 18.6 Å². The van der Waals surface area contributed by atoms with Crippen LogP contribution in [0.25, 0.3) is 0 Å². The largest absolute Gasteiger partial charge is 0.299 e. The molecule has 0 aliphatic heterocycles. The van der Waals surface area contributed by atoms with E-state index in [1.54, 1.807) is 0 Å². The zero-order valence-corrected chi connectivity index (χ0v) is 8.60. The van der Waals surface area contributed by atoms with Crippen LogP contribution in [0.2, 0.25) is 0 Å².